The Morgan fingerprint density at radius 3 is 2.64 bits per heavy atom. The molecule has 0 radical (unpaired) electrons. The predicted molar refractivity (Wildman–Crippen MR) is 60.5 cm³/mol. The van der Waals surface area contributed by atoms with Gasteiger partial charge in [-0.1, -0.05) is 17.8 Å². The minimum absolute atomic E-state index is 0.160. The van der Waals surface area contributed by atoms with Gasteiger partial charge in [-0.2, -0.15) is 0 Å². The molecule has 0 spiro atoms. The molecule has 1 N–H and O–H groups in total. The zero-order valence-corrected chi connectivity index (χ0v) is 10.2. The highest BCUT2D eigenvalue weighted by atomic mass is 32.1. The highest BCUT2D eigenvalue weighted by molar-refractivity contribution is 7.05. The molecule has 0 aliphatic heterocycles. The minimum Gasteiger partial charge on any atom is -0.307 e. The Balaban J connectivity index is 2.53. The molecule has 0 amide bonds. The van der Waals surface area contributed by atoms with Crippen LogP contribution in [0.4, 0.5) is 0 Å². The second-order valence-corrected chi connectivity index (χ2v) is 5.34. The van der Waals surface area contributed by atoms with E-state index in [9.17, 15) is 0 Å². The van der Waals surface area contributed by atoms with E-state index in [-0.39, 0.29) is 5.54 Å². The molecule has 1 aromatic rings. The smallest absolute Gasteiger partial charge is 0.0800 e. The van der Waals surface area contributed by atoms with Crippen LogP contribution in [0.3, 0.4) is 0 Å². The number of rotatable bonds is 4. The van der Waals surface area contributed by atoms with Gasteiger partial charge in [-0.15, -0.1) is 5.10 Å². The summed E-state index contributed by atoms with van der Waals surface area (Å²) in [6.07, 6.45) is 2.17. The third-order valence-corrected chi connectivity index (χ3v) is 2.66. The van der Waals surface area contributed by atoms with E-state index in [1.807, 2.05) is 0 Å². The van der Waals surface area contributed by atoms with Crippen molar-refractivity contribution in [3.05, 3.63) is 10.6 Å². The molecule has 3 nitrogen and oxygen atoms in total. The van der Waals surface area contributed by atoms with Gasteiger partial charge in [0.05, 0.1) is 10.6 Å². The molecular formula is C10H19N3S. The van der Waals surface area contributed by atoms with Gasteiger partial charge in [0.2, 0.25) is 0 Å². The van der Waals surface area contributed by atoms with Crippen molar-refractivity contribution in [1.29, 1.82) is 0 Å². The first-order chi connectivity index (χ1) is 6.53. The molecule has 0 unspecified atom stereocenters. The third-order valence-electron chi connectivity index (χ3n) is 1.90. The van der Waals surface area contributed by atoms with Gasteiger partial charge in [0.1, 0.15) is 0 Å². The van der Waals surface area contributed by atoms with Gasteiger partial charge in [-0.25, -0.2) is 0 Å². The van der Waals surface area contributed by atoms with E-state index in [1.165, 1.54) is 16.4 Å². The quantitative estimate of drug-likeness (QED) is 0.834. The fourth-order valence-corrected chi connectivity index (χ4v) is 1.76. The summed E-state index contributed by atoms with van der Waals surface area (Å²) in [4.78, 5) is 1.28. The van der Waals surface area contributed by atoms with E-state index in [1.54, 1.807) is 0 Å². The van der Waals surface area contributed by atoms with Gasteiger partial charge in [0.15, 0.2) is 0 Å². The average Bonchev–Trinajstić information content (AvgIpc) is 2.48. The Bertz CT molecular complexity index is 275. The van der Waals surface area contributed by atoms with Crippen LogP contribution in [0.5, 0.6) is 0 Å². The highest BCUT2D eigenvalue weighted by Crippen LogP contribution is 2.13. The topological polar surface area (TPSA) is 37.8 Å². The Hall–Kier alpha value is -0.480. The van der Waals surface area contributed by atoms with Crippen LogP contribution >= 0.6 is 11.5 Å². The first-order valence-electron chi connectivity index (χ1n) is 5.08. The summed E-state index contributed by atoms with van der Waals surface area (Å²) in [5.74, 6) is 0. The average molecular weight is 213 g/mol. The Kier molecular flexibility index (Phi) is 4.01. The van der Waals surface area contributed by atoms with Gasteiger partial charge in [0, 0.05) is 12.1 Å². The molecule has 1 rings (SSSR count). The molecular weight excluding hydrogens is 194 g/mol. The van der Waals surface area contributed by atoms with Gasteiger partial charge < -0.3 is 5.32 Å². The molecule has 0 aliphatic carbocycles. The summed E-state index contributed by atoms with van der Waals surface area (Å²) in [5.41, 5.74) is 1.32. The van der Waals surface area contributed by atoms with E-state index < -0.39 is 0 Å². The van der Waals surface area contributed by atoms with Crippen LogP contribution in [0.25, 0.3) is 0 Å². The second-order valence-electron chi connectivity index (χ2n) is 4.50. The van der Waals surface area contributed by atoms with Crippen LogP contribution in [0.2, 0.25) is 0 Å². The molecule has 0 atom stereocenters. The standard InChI is InChI=1S/C10H19N3S/c1-5-6-8-9(14-13-12-8)7-11-10(2,3)4/h11H,5-7H2,1-4H3. The van der Waals surface area contributed by atoms with Crippen LogP contribution < -0.4 is 5.32 Å². The number of hydrogen-bond acceptors (Lipinski definition) is 4. The van der Waals surface area contributed by atoms with Crippen molar-refractivity contribution in [2.24, 2.45) is 0 Å². The molecule has 14 heavy (non-hydrogen) atoms. The zero-order chi connectivity index (χ0) is 10.6. The van der Waals surface area contributed by atoms with Crippen molar-refractivity contribution in [2.75, 3.05) is 0 Å². The Labute approximate surface area is 90.1 Å². The van der Waals surface area contributed by atoms with Gasteiger partial charge >= 0.3 is 0 Å². The second kappa shape index (κ2) is 4.84. The van der Waals surface area contributed by atoms with Gasteiger partial charge in [0.25, 0.3) is 0 Å². The molecule has 0 aromatic carbocycles. The maximum Gasteiger partial charge on any atom is 0.0800 e. The van der Waals surface area contributed by atoms with Crippen molar-refractivity contribution in [3.63, 3.8) is 0 Å². The summed E-state index contributed by atoms with van der Waals surface area (Å²) in [6, 6.07) is 0. The fraction of sp³-hybridized carbons (Fsp3) is 0.800. The fourth-order valence-electron chi connectivity index (χ4n) is 1.13. The van der Waals surface area contributed by atoms with E-state index in [2.05, 4.69) is 42.6 Å². The molecule has 1 heterocycles. The van der Waals surface area contributed by atoms with Gasteiger partial charge in [-0.05, 0) is 38.7 Å². The predicted octanol–water partition coefficient (Wildman–Crippen LogP) is 2.38. The SMILES string of the molecule is CCCc1nnsc1CNC(C)(C)C. The number of nitrogens with one attached hydrogen (secondary N) is 1. The molecule has 4 heteroatoms. The number of aryl methyl sites for hydroxylation is 1. The first kappa shape index (κ1) is 11.6. The van der Waals surface area contributed by atoms with Crippen LogP contribution in [0, 0.1) is 0 Å². The number of hydrogen-bond donors (Lipinski definition) is 1. The minimum atomic E-state index is 0.160. The third kappa shape index (κ3) is 3.72. The highest BCUT2D eigenvalue weighted by Gasteiger charge is 2.12. The maximum atomic E-state index is 4.14. The van der Waals surface area contributed by atoms with Crippen molar-refractivity contribution in [3.8, 4) is 0 Å². The van der Waals surface area contributed by atoms with Crippen LogP contribution in [0.1, 0.15) is 44.7 Å². The molecule has 0 aliphatic rings. The lowest BCUT2D eigenvalue weighted by molar-refractivity contribution is 0.425. The number of aromatic nitrogens is 2. The Morgan fingerprint density at radius 1 is 1.36 bits per heavy atom. The molecule has 0 saturated heterocycles. The van der Waals surface area contributed by atoms with Crippen LogP contribution in [-0.2, 0) is 13.0 Å². The molecule has 0 fully saturated rings. The molecule has 80 valence electrons. The van der Waals surface area contributed by atoms with Gasteiger partial charge in [-0.3, -0.25) is 0 Å². The van der Waals surface area contributed by atoms with E-state index >= 15 is 0 Å². The molecule has 0 bridgehead atoms. The lowest BCUT2D eigenvalue weighted by atomic mass is 10.1. The van der Waals surface area contributed by atoms with Crippen molar-refractivity contribution >= 4 is 11.5 Å². The Morgan fingerprint density at radius 2 is 2.07 bits per heavy atom. The summed E-state index contributed by atoms with van der Waals surface area (Å²) in [5, 5.41) is 7.59. The van der Waals surface area contributed by atoms with Crippen molar-refractivity contribution < 1.29 is 0 Å². The van der Waals surface area contributed by atoms with Crippen molar-refractivity contribution in [2.45, 2.75) is 52.6 Å². The normalized spacial score (nSPS) is 12.0. The summed E-state index contributed by atoms with van der Waals surface area (Å²) >= 11 is 1.51. The largest absolute Gasteiger partial charge is 0.307 e. The lowest BCUT2D eigenvalue weighted by Crippen LogP contribution is -2.35. The summed E-state index contributed by atoms with van der Waals surface area (Å²) in [7, 11) is 0. The first-order valence-corrected chi connectivity index (χ1v) is 5.85. The number of nitrogens with zero attached hydrogens (tertiary/aromatic N) is 2. The van der Waals surface area contributed by atoms with E-state index in [0.29, 0.717) is 0 Å². The van der Waals surface area contributed by atoms with E-state index in [0.717, 1.165) is 25.1 Å². The maximum absolute atomic E-state index is 4.14. The van der Waals surface area contributed by atoms with Crippen LogP contribution in [0.15, 0.2) is 0 Å². The monoisotopic (exact) mass is 213 g/mol. The summed E-state index contributed by atoms with van der Waals surface area (Å²) < 4.78 is 3.99. The molecule has 0 saturated carbocycles. The van der Waals surface area contributed by atoms with Crippen LogP contribution in [-0.4, -0.2) is 15.1 Å². The summed E-state index contributed by atoms with van der Waals surface area (Å²) in [6.45, 7) is 9.56. The zero-order valence-electron chi connectivity index (χ0n) is 9.42. The lowest BCUT2D eigenvalue weighted by Gasteiger charge is -2.19. The van der Waals surface area contributed by atoms with Crippen molar-refractivity contribution in [1.82, 2.24) is 14.9 Å². The molecule has 1 aromatic heterocycles. The van der Waals surface area contributed by atoms with E-state index in [4.69, 9.17) is 0 Å².